The molecule has 0 spiro atoms. The molecule has 0 aromatic heterocycles. The molecule has 2 heteroatoms. The van der Waals surface area contributed by atoms with Crippen LogP contribution in [0.15, 0.2) is 29.2 Å². The van der Waals surface area contributed by atoms with E-state index in [1.54, 1.807) is 0 Å². The summed E-state index contributed by atoms with van der Waals surface area (Å²) in [4.78, 5) is 1.49. The van der Waals surface area contributed by atoms with Crippen LogP contribution in [0.3, 0.4) is 0 Å². The predicted molar refractivity (Wildman–Crippen MR) is 79.1 cm³/mol. The van der Waals surface area contributed by atoms with Crippen molar-refractivity contribution in [2.24, 2.45) is 5.92 Å². The van der Waals surface area contributed by atoms with Gasteiger partial charge in [0.05, 0.1) is 0 Å². The van der Waals surface area contributed by atoms with Crippen LogP contribution in [0.25, 0.3) is 0 Å². The van der Waals surface area contributed by atoms with Crippen LogP contribution in [0.2, 0.25) is 0 Å². The van der Waals surface area contributed by atoms with E-state index in [1.807, 2.05) is 11.8 Å². The van der Waals surface area contributed by atoms with Gasteiger partial charge >= 0.3 is 0 Å². The lowest BCUT2D eigenvalue weighted by Crippen LogP contribution is -2.40. The number of thioether (sulfide) groups is 1. The Bertz CT molecular complexity index is 404. The van der Waals surface area contributed by atoms with Crippen molar-refractivity contribution in [2.45, 2.75) is 56.0 Å². The summed E-state index contributed by atoms with van der Waals surface area (Å²) in [5, 5.41) is 3.95. The maximum Gasteiger partial charge on any atom is 0.0428 e. The molecule has 0 saturated heterocycles. The fraction of sp³-hybridized carbons (Fsp3) is 0.625. The second-order valence-electron chi connectivity index (χ2n) is 5.63. The zero-order chi connectivity index (χ0) is 12.4. The van der Waals surface area contributed by atoms with Crippen LogP contribution >= 0.6 is 11.8 Å². The lowest BCUT2D eigenvalue weighted by Gasteiger charge is -2.34. The van der Waals surface area contributed by atoms with Gasteiger partial charge in [-0.25, -0.2) is 0 Å². The number of nitrogens with one attached hydrogen (secondary N) is 1. The zero-order valence-electron chi connectivity index (χ0n) is 11.2. The van der Waals surface area contributed by atoms with Crippen LogP contribution in [0.4, 0.5) is 0 Å². The topological polar surface area (TPSA) is 12.0 Å². The minimum Gasteiger partial charge on any atom is -0.306 e. The minimum atomic E-state index is 0.586. The molecule has 1 aliphatic carbocycles. The Kier molecular flexibility index (Phi) is 3.95. The average Bonchev–Trinajstić information content (AvgIpc) is 2.83. The SMILES string of the molecule is CCC1CCCCC1NC1CSc2ccccc21. The third-order valence-electron chi connectivity index (χ3n) is 4.55. The maximum atomic E-state index is 3.95. The molecule has 1 nitrogen and oxygen atoms in total. The molecule has 0 bridgehead atoms. The molecule has 3 atom stereocenters. The first-order valence-electron chi connectivity index (χ1n) is 7.36. The Morgan fingerprint density at radius 1 is 1.22 bits per heavy atom. The van der Waals surface area contributed by atoms with Crippen molar-refractivity contribution >= 4 is 11.8 Å². The standard InChI is InChI=1S/C16H23NS/c1-2-12-7-3-5-9-14(12)17-15-11-18-16-10-6-4-8-13(15)16/h4,6,8,10,12,14-15,17H,2-3,5,7,9,11H2,1H3. The second kappa shape index (κ2) is 5.66. The molecule has 0 amide bonds. The first-order valence-corrected chi connectivity index (χ1v) is 8.35. The Hall–Kier alpha value is -0.470. The van der Waals surface area contributed by atoms with Gasteiger partial charge in [0.25, 0.3) is 0 Å². The van der Waals surface area contributed by atoms with Crippen LogP contribution in [-0.4, -0.2) is 11.8 Å². The molecule has 3 unspecified atom stereocenters. The molecule has 2 aliphatic rings. The third kappa shape index (κ3) is 2.46. The number of rotatable bonds is 3. The van der Waals surface area contributed by atoms with Gasteiger partial charge in [-0.2, -0.15) is 0 Å². The smallest absolute Gasteiger partial charge is 0.0428 e. The van der Waals surface area contributed by atoms with Gasteiger partial charge in [-0.15, -0.1) is 11.8 Å². The van der Waals surface area contributed by atoms with Crippen molar-refractivity contribution in [1.29, 1.82) is 0 Å². The molecule has 1 aliphatic heterocycles. The number of hydrogen-bond acceptors (Lipinski definition) is 2. The Labute approximate surface area is 115 Å². The van der Waals surface area contributed by atoms with Crippen molar-refractivity contribution < 1.29 is 0 Å². The van der Waals surface area contributed by atoms with Gasteiger partial charge in [0.15, 0.2) is 0 Å². The van der Waals surface area contributed by atoms with Gasteiger partial charge in [0, 0.05) is 22.7 Å². The first-order chi connectivity index (χ1) is 8.88. The summed E-state index contributed by atoms with van der Waals surface area (Å²) in [6.45, 7) is 2.35. The molecule has 1 aromatic rings. The molecule has 0 radical (unpaired) electrons. The van der Waals surface area contributed by atoms with Crippen molar-refractivity contribution in [3.63, 3.8) is 0 Å². The Morgan fingerprint density at radius 3 is 2.94 bits per heavy atom. The maximum absolute atomic E-state index is 3.95. The van der Waals surface area contributed by atoms with Gasteiger partial charge in [0.1, 0.15) is 0 Å². The van der Waals surface area contributed by atoms with Crippen molar-refractivity contribution in [2.75, 3.05) is 5.75 Å². The predicted octanol–water partition coefficient (Wildman–Crippen LogP) is 4.39. The molecular weight excluding hydrogens is 238 g/mol. The summed E-state index contributed by atoms with van der Waals surface area (Å²) >= 11 is 2.01. The third-order valence-corrected chi connectivity index (χ3v) is 5.73. The Morgan fingerprint density at radius 2 is 2.06 bits per heavy atom. The van der Waals surface area contributed by atoms with Crippen LogP contribution in [0.5, 0.6) is 0 Å². The van der Waals surface area contributed by atoms with E-state index < -0.39 is 0 Å². The van der Waals surface area contributed by atoms with Crippen molar-refractivity contribution in [3.05, 3.63) is 29.8 Å². The molecule has 1 fully saturated rings. The van der Waals surface area contributed by atoms with Gasteiger partial charge in [-0.3, -0.25) is 0 Å². The van der Waals surface area contributed by atoms with Crippen LogP contribution < -0.4 is 5.32 Å². The lowest BCUT2D eigenvalue weighted by atomic mass is 9.82. The summed E-state index contributed by atoms with van der Waals surface area (Å²) in [6, 6.07) is 10.2. The van der Waals surface area contributed by atoms with E-state index in [0.29, 0.717) is 6.04 Å². The highest BCUT2D eigenvalue weighted by Gasteiger charge is 2.29. The van der Waals surface area contributed by atoms with E-state index in [4.69, 9.17) is 0 Å². The van der Waals surface area contributed by atoms with Gasteiger partial charge in [-0.1, -0.05) is 44.4 Å². The van der Waals surface area contributed by atoms with E-state index >= 15 is 0 Å². The monoisotopic (exact) mass is 261 g/mol. The summed E-state index contributed by atoms with van der Waals surface area (Å²) in [5.74, 6) is 2.11. The molecular formula is C16H23NS. The second-order valence-corrected chi connectivity index (χ2v) is 6.69. The summed E-state index contributed by atoms with van der Waals surface area (Å²) < 4.78 is 0. The van der Waals surface area contributed by atoms with Gasteiger partial charge < -0.3 is 5.32 Å². The molecule has 1 aromatic carbocycles. The molecule has 1 saturated carbocycles. The molecule has 1 N–H and O–H groups in total. The molecule has 1 heterocycles. The minimum absolute atomic E-state index is 0.586. The first kappa shape index (κ1) is 12.6. The quantitative estimate of drug-likeness (QED) is 0.866. The normalized spacial score (nSPS) is 31.3. The number of benzene rings is 1. The van der Waals surface area contributed by atoms with Crippen LogP contribution in [-0.2, 0) is 0 Å². The van der Waals surface area contributed by atoms with E-state index in [2.05, 4.69) is 36.5 Å². The van der Waals surface area contributed by atoms with Crippen molar-refractivity contribution in [3.8, 4) is 0 Å². The van der Waals surface area contributed by atoms with Crippen molar-refractivity contribution in [1.82, 2.24) is 5.32 Å². The summed E-state index contributed by atoms with van der Waals surface area (Å²) in [5.41, 5.74) is 1.53. The van der Waals surface area contributed by atoms with E-state index in [-0.39, 0.29) is 0 Å². The largest absolute Gasteiger partial charge is 0.306 e. The molecule has 18 heavy (non-hydrogen) atoms. The molecule has 98 valence electrons. The highest BCUT2D eigenvalue weighted by atomic mass is 32.2. The van der Waals surface area contributed by atoms with Crippen LogP contribution in [0.1, 0.15) is 50.6 Å². The molecule has 3 rings (SSSR count). The zero-order valence-corrected chi connectivity index (χ0v) is 12.0. The van der Waals surface area contributed by atoms with Gasteiger partial charge in [-0.05, 0) is 30.4 Å². The van der Waals surface area contributed by atoms with E-state index in [0.717, 1.165) is 12.0 Å². The summed E-state index contributed by atoms with van der Waals surface area (Å²) in [6.07, 6.45) is 6.99. The fourth-order valence-electron chi connectivity index (χ4n) is 3.47. The average molecular weight is 261 g/mol. The van der Waals surface area contributed by atoms with E-state index in [9.17, 15) is 0 Å². The van der Waals surface area contributed by atoms with Gasteiger partial charge in [0.2, 0.25) is 0 Å². The number of fused-ring (bicyclic) bond motifs is 1. The Balaban J connectivity index is 1.70. The van der Waals surface area contributed by atoms with Crippen LogP contribution in [0, 0.1) is 5.92 Å². The van der Waals surface area contributed by atoms with E-state index in [1.165, 1.54) is 48.3 Å². The number of hydrogen-bond donors (Lipinski definition) is 1. The summed E-state index contributed by atoms with van der Waals surface area (Å²) in [7, 11) is 0. The fourth-order valence-corrected chi connectivity index (χ4v) is 4.65. The highest BCUT2D eigenvalue weighted by Crippen LogP contribution is 2.39. The lowest BCUT2D eigenvalue weighted by molar-refractivity contribution is 0.242. The highest BCUT2D eigenvalue weighted by molar-refractivity contribution is 7.99.